The van der Waals surface area contributed by atoms with Crippen LogP contribution < -0.4 is 14.4 Å². The number of nitrogens with zero attached hydrogens (tertiary/aromatic N) is 5. The molecule has 0 amide bonds. The van der Waals surface area contributed by atoms with Gasteiger partial charge in [-0.25, -0.2) is 4.98 Å². The van der Waals surface area contributed by atoms with E-state index in [4.69, 9.17) is 19.7 Å². The van der Waals surface area contributed by atoms with Crippen LogP contribution in [0.1, 0.15) is 17.5 Å². The minimum atomic E-state index is 0.391. The highest BCUT2D eigenvalue weighted by Gasteiger charge is 2.26. The van der Waals surface area contributed by atoms with Crippen molar-refractivity contribution >= 4 is 17.7 Å². The van der Waals surface area contributed by atoms with Crippen molar-refractivity contribution in [1.29, 1.82) is 5.26 Å². The van der Waals surface area contributed by atoms with Crippen molar-refractivity contribution in [1.82, 2.24) is 14.9 Å². The first kappa shape index (κ1) is 22.9. The molecule has 1 aromatic heterocycles. The predicted molar refractivity (Wildman–Crippen MR) is 129 cm³/mol. The molecule has 1 aliphatic heterocycles. The second-order valence-corrected chi connectivity index (χ2v) is 9.18. The summed E-state index contributed by atoms with van der Waals surface area (Å²) in [5.74, 6) is 2.05. The van der Waals surface area contributed by atoms with Gasteiger partial charge in [0.25, 0.3) is 0 Å². The number of benzene rings is 2. The van der Waals surface area contributed by atoms with Gasteiger partial charge in [0.1, 0.15) is 12.4 Å². The molecule has 0 radical (unpaired) electrons. The molecule has 7 nitrogen and oxygen atoms in total. The minimum Gasteiger partial charge on any atom is -0.497 e. The third-order valence-corrected chi connectivity index (χ3v) is 6.64. The maximum atomic E-state index is 9.05. The largest absolute Gasteiger partial charge is 0.497 e. The molecule has 1 atom stereocenters. The molecule has 0 spiro atoms. The summed E-state index contributed by atoms with van der Waals surface area (Å²) in [7, 11) is 5.87. The minimum absolute atomic E-state index is 0.391. The molecular weight excluding hydrogens is 434 g/mol. The molecule has 0 bridgehead atoms. The smallest absolute Gasteiger partial charge is 0.232 e. The Kier molecular flexibility index (Phi) is 7.33. The van der Waals surface area contributed by atoms with E-state index in [-0.39, 0.29) is 0 Å². The van der Waals surface area contributed by atoms with Crippen LogP contribution in [0.4, 0.5) is 5.95 Å². The van der Waals surface area contributed by atoms with Crippen LogP contribution in [-0.2, 0) is 6.61 Å². The zero-order valence-corrected chi connectivity index (χ0v) is 19.9. The highest BCUT2D eigenvalue weighted by molar-refractivity contribution is 7.99. The summed E-state index contributed by atoms with van der Waals surface area (Å²) < 4.78 is 11.4. The molecule has 0 saturated carbocycles. The van der Waals surface area contributed by atoms with Gasteiger partial charge >= 0.3 is 0 Å². The van der Waals surface area contributed by atoms with Gasteiger partial charge in [-0.2, -0.15) is 10.2 Å². The average Bonchev–Trinajstić information content (AvgIpc) is 3.35. The number of aromatic nitrogens is 2. The predicted octanol–water partition coefficient (Wildman–Crippen LogP) is 4.23. The molecule has 1 aliphatic rings. The summed E-state index contributed by atoms with van der Waals surface area (Å²) >= 11 is 1.53. The molecule has 4 rings (SSSR count). The molecule has 8 heteroatoms. The molecule has 0 aliphatic carbocycles. The van der Waals surface area contributed by atoms with Gasteiger partial charge in [0.2, 0.25) is 11.8 Å². The first-order valence-electron chi connectivity index (χ1n) is 10.8. The Hall–Kier alpha value is -3.28. The number of anilines is 1. The monoisotopic (exact) mass is 461 g/mol. The van der Waals surface area contributed by atoms with Crippen LogP contribution in [0.3, 0.4) is 0 Å². The third kappa shape index (κ3) is 5.75. The lowest BCUT2D eigenvalue weighted by molar-refractivity contribution is 0.285. The van der Waals surface area contributed by atoms with Crippen LogP contribution in [0.15, 0.2) is 64.5 Å². The molecule has 170 valence electrons. The number of nitriles is 1. The number of hydrogen-bond donors (Lipinski definition) is 0. The second-order valence-electron chi connectivity index (χ2n) is 8.07. The Balaban J connectivity index is 1.56. The maximum absolute atomic E-state index is 9.05. The molecular formula is C25H27N5O2S. The van der Waals surface area contributed by atoms with Crippen molar-refractivity contribution in [3.8, 4) is 17.7 Å². The zero-order valence-electron chi connectivity index (χ0n) is 19.1. The Morgan fingerprint density at radius 2 is 1.91 bits per heavy atom. The number of methoxy groups -OCH3 is 1. The molecule has 2 heterocycles. The van der Waals surface area contributed by atoms with E-state index in [0.29, 0.717) is 30.0 Å². The van der Waals surface area contributed by atoms with E-state index in [1.54, 1.807) is 19.2 Å². The number of ether oxygens (including phenoxy) is 2. The van der Waals surface area contributed by atoms with Crippen molar-refractivity contribution in [2.75, 3.05) is 39.2 Å². The first-order chi connectivity index (χ1) is 16.1. The third-order valence-electron chi connectivity index (χ3n) is 5.63. The number of hydrogen-bond acceptors (Lipinski definition) is 8. The number of likely N-dealkylation sites (N-methyl/N-ethyl adjacent to an activating group) is 1. The van der Waals surface area contributed by atoms with Crippen molar-refractivity contribution in [3.63, 3.8) is 0 Å². The van der Waals surface area contributed by atoms with E-state index in [1.807, 2.05) is 42.6 Å². The van der Waals surface area contributed by atoms with Gasteiger partial charge < -0.3 is 19.3 Å². The van der Waals surface area contributed by atoms with Crippen LogP contribution in [0.2, 0.25) is 0 Å². The fraction of sp³-hybridized carbons (Fsp3) is 0.320. The van der Waals surface area contributed by atoms with Crippen LogP contribution in [0.5, 0.6) is 11.6 Å². The van der Waals surface area contributed by atoms with E-state index in [2.05, 4.69) is 34.9 Å². The molecule has 0 N–H and O–H groups in total. The van der Waals surface area contributed by atoms with Crippen molar-refractivity contribution in [3.05, 3.63) is 65.9 Å². The molecule has 33 heavy (non-hydrogen) atoms. The molecule has 3 aromatic rings. The average molecular weight is 462 g/mol. The number of rotatable bonds is 8. The Morgan fingerprint density at radius 3 is 2.55 bits per heavy atom. The highest BCUT2D eigenvalue weighted by Crippen LogP contribution is 2.35. The van der Waals surface area contributed by atoms with Crippen molar-refractivity contribution in [2.24, 2.45) is 0 Å². The lowest BCUT2D eigenvalue weighted by atomic mass is 10.2. The fourth-order valence-electron chi connectivity index (χ4n) is 3.62. The van der Waals surface area contributed by atoms with E-state index < -0.39 is 0 Å². The topological polar surface area (TPSA) is 74.5 Å². The summed E-state index contributed by atoms with van der Waals surface area (Å²) in [4.78, 5) is 15.7. The van der Waals surface area contributed by atoms with Crippen LogP contribution in [-0.4, -0.2) is 55.2 Å². The van der Waals surface area contributed by atoms with Gasteiger partial charge in [-0.1, -0.05) is 23.9 Å². The summed E-state index contributed by atoms with van der Waals surface area (Å²) in [5, 5.41) is 9.05. The second kappa shape index (κ2) is 10.6. The van der Waals surface area contributed by atoms with Gasteiger partial charge in [0.05, 0.1) is 29.8 Å². The first-order valence-corrected chi connectivity index (χ1v) is 11.6. The van der Waals surface area contributed by atoms with E-state index in [0.717, 1.165) is 40.6 Å². The van der Waals surface area contributed by atoms with Crippen LogP contribution in [0, 0.1) is 11.3 Å². The standard InChI is InChI=1S/C25H27N5O2S/c1-29(2)20-12-13-30(16-20)25-27-15-23(33-22-10-6-18(14-26)7-11-22)24(28-25)32-17-19-4-8-21(31-3)9-5-19/h4-11,15,20H,12-13,16-17H2,1-3H3. The fourth-order valence-corrected chi connectivity index (χ4v) is 4.44. The van der Waals surface area contributed by atoms with Crippen molar-refractivity contribution < 1.29 is 9.47 Å². The zero-order chi connectivity index (χ0) is 23.2. The Labute approximate surface area is 199 Å². The van der Waals surface area contributed by atoms with E-state index in [9.17, 15) is 0 Å². The molecule has 2 aromatic carbocycles. The summed E-state index contributed by atoms with van der Waals surface area (Å²) in [6, 6.07) is 17.9. The Morgan fingerprint density at radius 1 is 1.15 bits per heavy atom. The van der Waals surface area contributed by atoms with Crippen LogP contribution >= 0.6 is 11.8 Å². The highest BCUT2D eigenvalue weighted by atomic mass is 32.2. The lowest BCUT2D eigenvalue weighted by Crippen LogP contribution is -2.32. The quantitative estimate of drug-likeness (QED) is 0.493. The lowest BCUT2D eigenvalue weighted by Gasteiger charge is -2.21. The van der Waals surface area contributed by atoms with Crippen LogP contribution in [0.25, 0.3) is 0 Å². The van der Waals surface area contributed by atoms with Crippen molar-refractivity contribution in [2.45, 2.75) is 28.9 Å². The van der Waals surface area contributed by atoms with Gasteiger partial charge in [-0.15, -0.1) is 0 Å². The van der Waals surface area contributed by atoms with Gasteiger partial charge in [-0.3, -0.25) is 0 Å². The molecule has 1 saturated heterocycles. The molecule has 1 fully saturated rings. The maximum Gasteiger partial charge on any atom is 0.232 e. The SMILES string of the molecule is COc1ccc(COc2nc(N3CCC(N(C)C)C3)ncc2Sc2ccc(C#N)cc2)cc1. The van der Waals surface area contributed by atoms with E-state index >= 15 is 0 Å². The Bertz CT molecular complexity index is 1110. The summed E-state index contributed by atoms with van der Waals surface area (Å²) in [6.07, 6.45) is 2.91. The van der Waals surface area contributed by atoms with E-state index in [1.165, 1.54) is 11.8 Å². The van der Waals surface area contributed by atoms with Gasteiger partial charge in [0, 0.05) is 24.0 Å². The van der Waals surface area contributed by atoms with Gasteiger partial charge in [-0.05, 0) is 62.5 Å². The summed E-state index contributed by atoms with van der Waals surface area (Å²) in [6.45, 7) is 2.21. The summed E-state index contributed by atoms with van der Waals surface area (Å²) in [5.41, 5.74) is 1.66. The normalized spacial score (nSPS) is 15.5. The van der Waals surface area contributed by atoms with Gasteiger partial charge in [0.15, 0.2) is 0 Å². The molecule has 1 unspecified atom stereocenters.